The molecule has 50 valence electrons. The van der Waals surface area contributed by atoms with Gasteiger partial charge in [0, 0.05) is 12.1 Å². The van der Waals surface area contributed by atoms with Crippen molar-refractivity contribution in [1.29, 1.82) is 0 Å². The molecule has 0 rings (SSSR count). The highest BCUT2D eigenvalue weighted by Crippen LogP contribution is 1.94. The van der Waals surface area contributed by atoms with E-state index in [4.69, 9.17) is 11.5 Å². The Labute approximate surface area is 51.2 Å². The van der Waals surface area contributed by atoms with E-state index in [1.807, 2.05) is 6.92 Å². The average Bonchev–Trinajstić information content (AvgIpc) is 1.67. The number of hydrogen-bond acceptors (Lipinski definition) is 2. The standard InChI is InChI=1S/C6H16N2/c1-3-4-6(8)5(2)7/h5-6H,3-4,7-8H2,1-2H3/t5-,6+/m0/s1. The maximum absolute atomic E-state index is 5.60. The first kappa shape index (κ1) is 7.92. The first-order chi connectivity index (χ1) is 3.68. The minimum atomic E-state index is 0.148. The molecule has 8 heavy (non-hydrogen) atoms. The lowest BCUT2D eigenvalue weighted by Crippen LogP contribution is -2.38. The van der Waals surface area contributed by atoms with Crippen molar-refractivity contribution in [3.63, 3.8) is 0 Å². The molecule has 0 amide bonds. The summed E-state index contributed by atoms with van der Waals surface area (Å²) in [7, 11) is 0. The quantitative estimate of drug-likeness (QED) is 0.563. The molecule has 0 radical (unpaired) electrons. The molecule has 0 aromatic carbocycles. The van der Waals surface area contributed by atoms with Crippen molar-refractivity contribution in [2.45, 2.75) is 38.8 Å². The van der Waals surface area contributed by atoms with E-state index in [2.05, 4.69) is 6.92 Å². The summed E-state index contributed by atoms with van der Waals surface area (Å²) in [6.07, 6.45) is 2.17. The van der Waals surface area contributed by atoms with E-state index in [1.54, 1.807) is 0 Å². The lowest BCUT2D eigenvalue weighted by atomic mass is 10.1. The second kappa shape index (κ2) is 3.87. The third-order valence-corrected chi connectivity index (χ3v) is 1.30. The van der Waals surface area contributed by atoms with Crippen LogP contribution in [0.4, 0.5) is 0 Å². The fraction of sp³-hybridized carbons (Fsp3) is 1.00. The summed E-state index contributed by atoms with van der Waals surface area (Å²) in [5, 5.41) is 0. The molecule has 0 aromatic heterocycles. The molecule has 0 spiro atoms. The summed E-state index contributed by atoms with van der Waals surface area (Å²) in [5.74, 6) is 0. The normalized spacial score (nSPS) is 18.0. The van der Waals surface area contributed by atoms with Gasteiger partial charge in [0.05, 0.1) is 0 Å². The van der Waals surface area contributed by atoms with Crippen molar-refractivity contribution < 1.29 is 0 Å². The van der Waals surface area contributed by atoms with Crippen molar-refractivity contribution in [1.82, 2.24) is 0 Å². The lowest BCUT2D eigenvalue weighted by molar-refractivity contribution is 0.518. The second-order valence-corrected chi connectivity index (χ2v) is 2.31. The molecule has 2 atom stereocenters. The van der Waals surface area contributed by atoms with Crippen LogP contribution in [0.25, 0.3) is 0 Å². The summed E-state index contributed by atoms with van der Waals surface area (Å²) < 4.78 is 0. The zero-order chi connectivity index (χ0) is 6.57. The fourth-order valence-electron chi connectivity index (χ4n) is 0.596. The summed E-state index contributed by atoms with van der Waals surface area (Å²) in [6.45, 7) is 4.06. The van der Waals surface area contributed by atoms with Crippen LogP contribution in [-0.2, 0) is 0 Å². The van der Waals surface area contributed by atoms with Gasteiger partial charge in [-0.15, -0.1) is 0 Å². The summed E-state index contributed by atoms with van der Waals surface area (Å²) in [4.78, 5) is 0. The van der Waals surface area contributed by atoms with Crippen LogP contribution in [0.1, 0.15) is 26.7 Å². The highest BCUT2D eigenvalue weighted by atomic mass is 14.8. The largest absolute Gasteiger partial charge is 0.327 e. The zero-order valence-corrected chi connectivity index (χ0v) is 5.72. The van der Waals surface area contributed by atoms with E-state index < -0.39 is 0 Å². The van der Waals surface area contributed by atoms with Gasteiger partial charge in [-0.1, -0.05) is 13.3 Å². The Morgan fingerprint density at radius 2 is 1.88 bits per heavy atom. The van der Waals surface area contributed by atoms with Crippen LogP contribution >= 0.6 is 0 Å². The van der Waals surface area contributed by atoms with Gasteiger partial charge in [0.1, 0.15) is 0 Å². The summed E-state index contributed by atoms with van der Waals surface area (Å²) in [5.41, 5.74) is 11.1. The fourth-order valence-corrected chi connectivity index (χ4v) is 0.596. The second-order valence-electron chi connectivity index (χ2n) is 2.31. The van der Waals surface area contributed by atoms with Gasteiger partial charge in [-0.2, -0.15) is 0 Å². The van der Waals surface area contributed by atoms with Crippen LogP contribution in [0.15, 0.2) is 0 Å². The van der Waals surface area contributed by atoms with Crippen LogP contribution in [0.3, 0.4) is 0 Å². The number of rotatable bonds is 3. The first-order valence-electron chi connectivity index (χ1n) is 3.19. The zero-order valence-electron chi connectivity index (χ0n) is 5.72. The Hall–Kier alpha value is -0.0800. The van der Waals surface area contributed by atoms with Gasteiger partial charge in [0.2, 0.25) is 0 Å². The number of hydrogen-bond donors (Lipinski definition) is 2. The van der Waals surface area contributed by atoms with Gasteiger partial charge >= 0.3 is 0 Å². The molecular formula is C6H16N2. The molecule has 0 fully saturated rings. The Balaban J connectivity index is 3.17. The van der Waals surface area contributed by atoms with Crippen molar-refractivity contribution >= 4 is 0 Å². The predicted octanol–water partition coefficient (Wildman–Crippen LogP) is 0.461. The van der Waals surface area contributed by atoms with E-state index in [0.717, 1.165) is 12.8 Å². The maximum Gasteiger partial charge on any atom is 0.0189 e. The van der Waals surface area contributed by atoms with E-state index in [0.29, 0.717) is 0 Å². The highest BCUT2D eigenvalue weighted by molar-refractivity contribution is 4.69. The molecule has 0 aromatic rings. The molecule has 0 aliphatic carbocycles. The Bertz CT molecular complexity index is 52.5. The third kappa shape index (κ3) is 2.99. The van der Waals surface area contributed by atoms with E-state index in [1.165, 1.54) is 0 Å². The molecule has 0 bridgehead atoms. The van der Waals surface area contributed by atoms with Gasteiger partial charge in [-0.05, 0) is 13.3 Å². The van der Waals surface area contributed by atoms with E-state index >= 15 is 0 Å². The Morgan fingerprint density at radius 3 is 2.00 bits per heavy atom. The van der Waals surface area contributed by atoms with Gasteiger partial charge in [-0.25, -0.2) is 0 Å². The SMILES string of the molecule is CCC[C@@H](N)[C@H](C)N. The monoisotopic (exact) mass is 116 g/mol. The topological polar surface area (TPSA) is 52.0 Å². The minimum Gasteiger partial charge on any atom is -0.327 e. The smallest absolute Gasteiger partial charge is 0.0189 e. The van der Waals surface area contributed by atoms with Crippen LogP contribution in [0.2, 0.25) is 0 Å². The van der Waals surface area contributed by atoms with E-state index in [9.17, 15) is 0 Å². The molecule has 0 heterocycles. The third-order valence-electron chi connectivity index (χ3n) is 1.30. The number of nitrogens with two attached hydrogens (primary N) is 2. The molecule has 2 heteroatoms. The molecular weight excluding hydrogens is 100 g/mol. The van der Waals surface area contributed by atoms with Crippen LogP contribution in [0.5, 0.6) is 0 Å². The molecule has 2 nitrogen and oxygen atoms in total. The van der Waals surface area contributed by atoms with Crippen LogP contribution in [0, 0.1) is 0 Å². The molecule has 0 saturated heterocycles. The summed E-state index contributed by atoms with van der Waals surface area (Å²) >= 11 is 0. The summed E-state index contributed by atoms with van der Waals surface area (Å²) in [6, 6.07) is 0.343. The molecule has 0 unspecified atom stereocenters. The minimum absolute atomic E-state index is 0.148. The van der Waals surface area contributed by atoms with E-state index in [-0.39, 0.29) is 12.1 Å². The molecule has 4 N–H and O–H groups in total. The predicted molar refractivity (Wildman–Crippen MR) is 36.5 cm³/mol. The lowest BCUT2D eigenvalue weighted by Gasteiger charge is -2.13. The van der Waals surface area contributed by atoms with Crippen LogP contribution < -0.4 is 11.5 Å². The molecule has 0 saturated carbocycles. The molecule has 0 aliphatic heterocycles. The van der Waals surface area contributed by atoms with Crippen molar-refractivity contribution in [3.8, 4) is 0 Å². The van der Waals surface area contributed by atoms with Gasteiger partial charge in [0.15, 0.2) is 0 Å². The van der Waals surface area contributed by atoms with Gasteiger partial charge in [0.25, 0.3) is 0 Å². The maximum atomic E-state index is 5.60. The Kier molecular flexibility index (Phi) is 3.83. The van der Waals surface area contributed by atoms with Gasteiger partial charge in [-0.3, -0.25) is 0 Å². The van der Waals surface area contributed by atoms with Crippen LogP contribution in [-0.4, -0.2) is 12.1 Å². The average molecular weight is 116 g/mol. The Morgan fingerprint density at radius 1 is 1.38 bits per heavy atom. The van der Waals surface area contributed by atoms with Crippen molar-refractivity contribution in [2.75, 3.05) is 0 Å². The van der Waals surface area contributed by atoms with Crippen molar-refractivity contribution in [3.05, 3.63) is 0 Å². The highest BCUT2D eigenvalue weighted by Gasteiger charge is 2.04. The van der Waals surface area contributed by atoms with Crippen molar-refractivity contribution in [2.24, 2.45) is 11.5 Å². The first-order valence-corrected chi connectivity index (χ1v) is 3.19. The van der Waals surface area contributed by atoms with Gasteiger partial charge < -0.3 is 11.5 Å². The molecule has 0 aliphatic rings.